The first kappa shape index (κ1) is 10.1. The maximum atomic E-state index is 10.8. The van der Waals surface area contributed by atoms with Crippen LogP contribution in [0.4, 0.5) is 0 Å². The Kier molecular flexibility index (Phi) is 2.55. The summed E-state index contributed by atoms with van der Waals surface area (Å²) in [4.78, 5) is 0. The van der Waals surface area contributed by atoms with Gasteiger partial charge in [0.1, 0.15) is 24.6 Å². The Morgan fingerprint density at radius 1 is 1.33 bits per heavy atom. The molecule has 0 spiro atoms. The van der Waals surface area contributed by atoms with Gasteiger partial charge < -0.3 is 4.55 Å². The lowest BCUT2D eigenvalue weighted by Crippen LogP contribution is -2.55. The van der Waals surface area contributed by atoms with Gasteiger partial charge in [-0.05, 0) is 0 Å². The molecule has 1 saturated heterocycles. The molecular weight excluding hydrogens is 206 g/mol. The molecule has 1 fully saturated rings. The monoisotopic (exact) mass is 215 g/mol. The summed E-state index contributed by atoms with van der Waals surface area (Å²) in [5, 5.41) is 9.24. The number of quaternary nitrogens is 1. The Morgan fingerprint density at radius 2 is 1.75 bits per heavy atom. The van der Waals surface area contributed by atoms with E-state index in [1.54, 1.807) is 0 Å². The van der Waals surface area contributed by atoms with Gasteiger partial charge in [0.05, 0.1) is 0 Å². The number of hydrogen-bond acceptors (Lipinski definition) is 5. The number of hydroxylamine groups is 2. The first-order valence-corrected chi connectivity index (χ1v) is 6.11. The second kappa shape index (κ2) is 3.04. The van der Waals surface area contributed by atoms with Crippen molar-refractivity contribution in [3.63, 3.8) is 0 Å². The van der Waals surface area contributed by atoms with Gasteiger partial charge in [-0.1, -0.05) is 0 Å². The SMILES string of the molecule is O=S([O-])[N+]1(O)CCS(=O)(=O)CC1. The minimum absolute atomic E-state index is 0.279. The molecule has 1 N–H and O–H groups in total. The molecule has 72 valence electrons. The van der Waals surface area contributed by atoms with Crippen LogP contribution in [0, 0.1) is 0 Å². The van der Waals surface area contributed by atoms with Crippen LogP contribution in [0.3, 0.4) is 0 Å². The molecule has 0 radical (unpaired) electrons. The van der Waals surface area contributed by atoms with Gasteiger partial charge in [-0.25, -0.2) is 17.8 Å². The summed E-state index contributed by atoms with van der Waals surface area (Å²) in [6.45, 7) is -0.559. The minimum atomic E-state index is -3.14. The predicted octanol–water partition coefficient (Wildman–Crippen LogP) is -1.59. The molecule has 0 aliphatic carbocycles. The zero-order valence-electron chi connectivity index (χ0n) is 6.17. The van der Waals surface area contributed by atoms with Crippen molar-refractivity contribution in [1.82, 2.24) is 0 Å². The zero-order chi connectivity index (χ0) is 9.41. The summed E-state index contributed by atoms with van der Waals surface area (Å²) in [6, 6.07) is 0. The van der Waals surface area contributed by atoms with Gasteiger partial charge in [0.15, 0.2) is 21.1 Å². The lowest BCUT2D eigenvalue weighted by Gasteiger charge is -2.32. The van der Waals surface area contributed by atoms with Crippen molar-refractivity contribution in [3.05, 3.63) is 0 Å². The molecule has 6 nitrogen and oxygen atoms in total. The third kappa shape index (κ3) is 2.02. The quantitative estimate of drug-likeness (QED) is 0.420. The normalized spacial score (nSPS) is 29.5. The molecule has 1 rings (SSSR count). The van der Waals surface area contributed by atoms with Crippen molar-refractivity contribution < 1.29 is 26.4 Å². The molecule has 12 heavy (non-hydrogen) atoms. The van der Waals surface area contributed by atoms with E-state index in [9.17, 15) is 22.4 Å². The van der Waals surface area contributed by atoms with Crippen LogP contribution in [-0.2, 0) is 21.1 Å². The van der Waals surface area contributed by atoms with Crippen LogP contribution in [0.1, 0.15) is 0 Å². The average Bonchev–Trinajstić information content (AvgIpc) is 1.96. The van der Waals surface area contributed by atoms with Crippen molar-refractivity contribution in [3.8, 4) is 0 Å². The van der Waals surface area contributed by atoms with Crippen LogP contribution in [-0.4, -0.2) is 51.0 Å². The van der Waals surface area contributed by atoms with E-state index in [-0.39, 0.29) is 24.6 Å². The largest absolute Gasteiger partial charge is 0.722 e. The van der Waals surface area contributed by atoms with Crippen LogP contribution in [0.25, 0.3) is 0 Å². The van der Waals surface area contributed by atoms with Crippen LogP contribution >= 0.6 is 0 Å². The average molecular weight is 215 g/mol. The van der Waals surface area contributed by atoms with Crippen molar-refractivity contribution >= 4 is 21.1 Å². The van der Waals surface area contributed by atoms with Gasteiger partial charge in [0.2, 0.25) is 0 Å². The summed E-state index contributed by atoms with van der Waals surface area (Å²) in [7, 11) is -3.14. The molecule has 0 aromatic heterocycles. The van der Waals surface area contributed by atoms with Crippen LogP contribution in [0.5, 0.6) is 0 Å². The summed E-state index contributed by atoms with van der Waals surface area (Å²) in [5.74, 6) is -0.561. The summed E-state index contributed by atoms with van der Waals surface area (Å²) >= 11 is -2.67. The molecular formula is C4H9NO5S2. The van der Waals surface area contributed by atoms with E-state index >= 15 is 0 Å². The third-order valence-corrected chi connectivity index (χ3v) is 4.31. The number of nitrogens with zero attached hydrogens (tertiary/aromatic N) is 1. The Morgan fingerprint density at radius 3 is 2.08 bits per heavy atom. The maximum absolute atomic E-state index is 10.8. The molecule has 1 aliphatic heterocycles. The number of sulfone groups is 1. The van der Waals surface area contributed by atoms with E-state index in [4.69, 9.17) is 0 Å². The smallest absolute Gasteiger partial charge is 0.182 e. The van der Waals surface area contributed by atoms with Gasteiger partial charge in [-0.3, -0.25) is 0 Å². The molecule has 1 heterocycles. The molecule has 1 atom stereocenters. The van der Waals surface area contributed by atoms with Gasteiger partial charge >= 0.3 is 0 Å². The lowest BCUT2D eigenvalue weighted by molar-refractivity contribution is -0.998. The highest BCUT2D eigenvalue weighted by Crippen LogP contribution is 2.12. The van der Waals surface area contributed by atoms with Gasteiger partial charge in [0.25, 0.3) is 0 Å². The molecule has 0 aromatic rings. The van der Waals surface area contributed by atoms with E-state index in [1.165, 1.54) is 0 Å². The number of rotatable bonds is 1. The van der Waals surface area contributed by atoms with Crippen molar-refractivity contribution in [2.45, 2.75) is 0 Å². The first-order chi connectivity index (χ1) is 5.36. The van der Waals surface area contributed by atoms with E-state index in [2.05, 4.69) is 0 Å². The fourth-order valence-corrected chi connectivity index (χ4v) is 3.00. The van der Waals surface area contributed by atoms with E-state index in [1.807, 2.05) is 0 Å². The Hall–Kier alpha value is -0.0200. The first-order valence-electron chi connectivity index (χ1n) is 3.26. The number of hydrogen-bond donors (Lipinski definition) is 1. The van der Waals surface area contributed by atoms with Crippen molar-refractivity contribution in [2.75, 3.05) is 24.6 Å². The second-order valence-corrected chi connectivity index (χ2v) is 6.08. The highest BCUT2D eigenvalue weighted by molar-refractivity contribution is 7.91. The minimum Gasteiger partial charge on any atom is -0.722 e. The van der Waals surface area contributed by atoms with E-state index in [0.717, 1.165) is 0 Å². The lowest BCUT2D eigenvalue weighted by atomic mass is 10.6. The molecule has 1 aliphatic rings. The van der Waals surface area contributed by atoms with Gasteiger partial charge in [0, 0.05) is 0 Å². The predicted molar refractivity (Wildman–Crippen MR) is 39.4 cm³/mol. The van der Waals surface area contributed by atoms with E-state index < -0.39 is 25.2 Å². The van der Waals surface area contributed by atoms with Crippen LogP contribution in [0.2, 0.25) is 0 Å². The maximum Gasteiger partial charge on any atom is 0.182 e. The summed E-state index contributed by atoms with van der Waals surface area (Å²) in [5.41, 5.74) is 0. The van der Waals surface area contributed by atoms with Crippen molar-refractivity contribution in [1.29, 1.82) is 0 Å². The van der Waals surface area contributed by atoms with E-state index in [0.29, 0.717) is 0 Å². The fourth-order valence-electron chi connectivity index (χ4n) is 0.926. The summed E-state index contributed by atoms with van der Waals surface area (Å²) in [6.07, 6.45) is 0. The highest BCUT2D eigenvalue weighted by atomic mass is 32.2. The van der Waals surface area contributed by atoms with Crippen LogP contribution < -0.4 is 0 Å². The summed E-state index contributed by atoms with van der Waals surface area (Å²) < 4.78 is 41.3. The molecule has 0 aromatic carbocycles. The Balaban J connectivity index is 2.74. The van der Waals surface area contributed by atoms with Crippen LogP contribution in [0.15, 0.2) is 0 Å². The van der Waals surface area contributed by atoms with Gasteiger partial charge in [-0.2, -0.15) is 0 Å². The Labute approximate surface area is 72.7 Å². The second-order valence-electron chi connectivity index (χ2n) is 2.66. The topological polar surface area (TPSA) is 94.5 Å². The molecule has 1 unspecified atom stereocenters. The Bertz CT molecular complexity index is 283. The van der Waals surface area contributed by atoms with Gasteiger partial charge in [-0.15, -0.1) is 4.05 Å². The zero-order valence-corrected chi connectivity index (χ0v) is 7.81. The molecule has 0 amide bonds. The fraction of sp³-hybridized carbons (Fsp3) is 1.00. The standard InChI is InChI=1S/C4H9NO5S2/c6-5(11(7)8)1-3-12(9,10)4-2-5/h6H,1-4H2. The molecule has 8 heteroatoms. The molecule has 0 saturated carbocycles. The third-order valence-electron chi connectivity index (χ3n) is 1.78. The van der Waals surface area contributed by atoms with Crippen molar-refractivity contribution in [2.24, 2.45) is 0 Å². The molecule has 0 bridgehead atoms. The highest BCUT2D eigenvalue weighted by Gasteiger charge is 2.37.